The molecule has 0 spiro atoms. The normalized spacial score (nSPS) is 12.4. The van der Waals surface area contributed by atoms with E-state index < -0.39 is 11.9 Å². The Kier molecular flexibility index (Phi) is 5.30. The molecule has 1 atom stereocenters. The minimum Gasteiger partial charge on any atom is -0.483 e. The number of aliphatic hydroxyl groups is 1. The van der Waals surface area contributed by atoms with Gasteiger partial charge in [-0.1, -0.05) is 0 Å². The van der Waals surface area contributed by atoms with Crippen molar-refractivity contribution in [1.82, 2.24) is 4.90 Å². The van der Waals surface area contributed by atoms with Crippen LogP contribution in [0.4, 0.5) is 4.39 Å². The van der Waals surface area contributed by atoms with Gasteiger partial charge in [-0.15, -0.1) is 0 Å². The summed E-state index contributed by atoms with van der Waals surface area (Å²) < 4.78 is 18.5. The summed E-state index contributed by atoms with van der Waals surface area (Å²) in [6.07, 6.45) is -0.858. The number of carbonyl (C=O) groups is 1. The number of rotatable bonds is 5. The lowest BCUT2D eigenvalue weighted by atomic mass is 10.1. The first kappa shape index (κ1) is 15.4. The number of benzene rings is 1. The quantitative estimate of drug-likeness (QED) is 0.890. The number of amides is 1. The van der Waals surface area contributed by atoms with Gasteiger partial charge in [0.15, 0.2) is 6.61 Å². The highest BCUT2D eigenvalue weighted by Gasteiger charge is 2.15. The molecule has 5 heteroatoms. The molecule has 0 saturated heterocycles. The fourth-order valence-corrected chi connectivity index (χ4v) is 1.51. The molecule has 0 aliphatic rings. The van der Waals surface area contributed by atoms with Gasteiger partial charge in [0.05, 0.1) is 6.10 Å². The second-order valence-corrected chi connectivity index (χ2v) is 4.75. The average Bonchev–Trinajstić information content (AvgIpc) is 2.35. The maximum atomic E-state index is 13.1. The zero-order valence-corrected chi connectivity index (χ0v) is 11.7. The highest BCUT2D eigenvalue weighted by molar-refractivity contribution is 5.77. The smallest absolute Gasteiger partial charge is 0.260 e. The van der Waals surface area contributed by atoms with Crippen molar-refractivity contribution >= 4 is 5.91 Å². The summed E-state index contributed by atoms with van der Waals surface area (Å²) in [6.45, 7) is 5.18. The molecule has 1 rings (SSSR count). The van der Waals surface area contributed by atoms with Crippen molar-refractivity contribution in [2.75, 3.05) is 13.7 Å². The second-order valence-electron chi connectivity index (χ2n) is 4.75. The Labute approximate surface area is 112 Å². The topological polar surface area (TPSA) is 49.8 Å². The molecule has 0 fully saturated rings. The van der Waals surface area contributed by atoms with E-state index >= 15 is 0 Å². The number of carbonyl (C=O) groups excluding carboxylic acids is 1. The predicted octanol–water partition coefficient (Wildman–Crippen LogP) is 2.12. The standard InChI is InChI=1S/C14H20FNO3/c1-9(2)16(4)14(18)8-19-13-6-5-11(15)7-12(13)10(3)17/h5-7,9-10,17H,8H2,1-4H3. The first-order valence-corrected chi connectivity index (χ1v) is 6.19. The van der Waals surface area contributed by atoms with E-state index in [1.807, 2.05) is 13.8 Å². The third kappa shape index (κ3) is 4.21. The third-order valence-corrected chi connectivity index (χ3v) is 2.94. The number of nitrogens with zero attached hydrogens (tertiary/aromatic N) is 1. The summed E-state index contributed by atoms with van der Waals surface area (Å²) in [4.78, 5) is 13.3. The molecule has 1 unspecified atom stereocenters. The summed E-state index contributed by atoms with van der Waals surface area (Å²) in [6, 6.07) is 3.94. The summed E-state index contributed by atoms with van der Waals surface area (Å²) >= 11 is 0. The molecule has 0 radical (unpaired) electrons. The van der Waals surface area contributed by atoms with Gasteiger partial charge in [-0.3, -0.25) is 4.79 Å². The largest absolute Gasteiger partial charge is 0.483 e. The third-order valence-electron chi connectivity index (χ3n) is 2.94. The summed E-state index contributed by atoms with van der Waals surface area (Å²) in [5.74, 6) is -0.299. The molecule has 1 aromatic carbocycles. The van der Waals surface area contributed by atoms with E-state index in [-0.39, 0.29) is 18.6 Å². The van der Waals surface area contributed by atoms with Gasteiger partial charge in [-0.05, 0) is 39.0 Å². The Bertz CT molecular complexity index is 446. The van der Waals surface area contributed by atoms with E-state index in [9.17, 15) is 14.3 Å². The van der Waals surface area contributed by atoms with Gasteiger partial charge in [0.1, 0.15) is 11.6 Å². The van der Waals surface area contributed by atoms with Gasteiger partial charge in [-0.2, -0.15) is 0 Å². The van der Waals surface area contributed by atoms with Crippen LogP contribution in [-0.2, 0) is 4.79 Å². The summed E-state index contributed by atoms with van der Waals surface area (Å²) in [5.41, 5.74) is 0.333. The lowest BCUT2D eigenvalue weighted by Gasteiger charge is -2.22. The molecule has 19 heavy (non-hydrogen) atoms. The molecule has 0 saturated carbocycles. The fourth-order valence-electron chi connectivity index (χ4n) is 1.51. The van der Waals surface area contributed by atoms with Gasteiger partial charge in [0.2, 0.25) is 0 Å². The first-order chi connectivity index (χ1) is 8.82. The number of halogens is 1. The zero-order chi connectivity index (χ0) is 14.6. The molecule has 0 heterocycles. The van der Waals surface area contributed by atoms with Crippen LogP contribution >= 0.6 is 0 Å². The Morgan fingerprint density at radius 1 is 1.42 bits per heavy atom. The molecule has 0 aromatic heterocycles. The molecular weight excluding hydrogens is 249 g/mol. The predicted molar refractivity (Wildman–Crippen MR) is 70.4 cm³/mol. The van der Waals surface area contributed by atoms with Gasteiger partial charge in [0, 0.05) is 18.7 Å². The van der Waals surface area contributed by atoms with E-state index in [1.165, 1.54) is 25.1 Å². The molecule has 4 nitrogen and oxygen atoms in total. The minimum absolute atomic E-state index is 0.0838. The zero-order valence-electron chi connectivity index (χ0n) is 11.7. The van der Waals surface area contributed by atoms with Crippen molar-refractivity contribution in [2.45, 2.75) is 32.9 Å². The van der Waals surface area contributed by atoms with Crippen LogP contribution in [0.1, 0.15) is 32.4 Å². The molecule has 0 aliphatic heterocycles. The molecular formula is C14H20FNO3. The summed E-state index contributed by atoms with van der Waals surface area (Å²) in [7, 11) is 1.69. The summed E-state index contributed by atoms with van der Waals surface area (Å²) in [5, 5.41) is 9.55. The Morgan fingerprint density at radius 3 is 2.58 bits per heavy atom. The Morgan fingerprint density at radius 2 is 2.05 bits per heavy atom. The molecule has 1 aromatic rings. The van der Waals surface area contributed by atoms with Gasteiger partial charge >= 0.3 is 0 Å². The van der Waals surface area contributed by atoms with Crippen LogP contribution in [0.25, 0.3) is 0 Å². The van der Waals surface area contributed by atoms with Crippen molar-refractivity contribution in [3.63, 3.8) is 0 Å². The Balaban J connectivity index is 2.75. The lowest BCUT2D eigenvalue weighted by Crippen LogP contribution is -2.36. The van der Waals surface area contributed by atoms with Crippen molar-refractivity contribution in [3.8, 4) is 5.75 Å². The van der Waals surface area contributed by atoms with Crippen molar-refractivity contribution in [2.24, 2.45) is 0 Å². The van der Waals surface area contributed by atoms with Crippen LogP contribution in [0, 0.1) is 5.82 Å². The molecule has 1 amide bonds. The highest BCUT2D eigenvalue weighted by Crippen LogP contribution is 2.25. The Hall–Kier alpha value is -1.62. The number of aliphatic hydroxyl groups excluding tert-OH is 1. The fraction of sp³-hybridized carbons (Fsp3) is 0.500. The van der Waals surface area contributed by atoms with Crippen molar-refractivity contribution in [3.05, 3.63) is 29.6 Å². The van der Waals surface area contributed by atoms with Crippen molar-refractivity contribution in [1.29, 1.82) is 0 Å². The van der Waals surface area contributed by atoms with E-state index in [0.29, 0.717) is 11.3 Å². The molecule has 0 bridgehead atoms. The minimum atomic E-state index is -0.858. The maximum absolute atomic E-state index is 13.1. The van der Waals surface area contributed by atoms with Crippen molar-refractivity contribution < 1.29 is 19.0 Å². The van der Waals surface area contributed by atoms with E-state index in [2.05, 4.69) is 0 Å². The molecule has 106 valence electrons. The maximum Gasteiger partial charge on any atom is 0.260 e. The van der Waals surface area contributed by atoms with E-state index in [4.69, 9.17) is 4.74 Å². The van der Waals surface area contributed by atoms with Crippen LogP contribution < -0.4 is 4.74 Å². The average molecular weight is 269 g/mol. The second kappa shape index (κ2) is 6.52. The van der Waals surface area contributed by atoms with Crippen LogP contribution in [0.5, 0.6) is 5.75 Å². The van der Waals surface area contributed by atoms with E-state index in [0.717, 1.165) is 0 Å². The number of ether oxygens (including phenoxy) is 1. The molecule has 0 aliphatic carbocycles. The number of hydrogen-bond donors (Lipinski definition) is 1. The van der Waals surface area contributed by atoms with Crippen LogP contribution in [-0.4, -0.2) is 35.6 Å². The van der Waals surface area contributed by atoms with Crippen LogP contribution in [0.3, 0.4) is 0 Å². The lowest BCUT2D eigenvalue weighted by molar-refractivity contribution is -0.133. The van der Waals surface area contributed by atoms with Crippen LogP contribution in [0.2, 0.25) is 0 Å². The SMILES string of the molecule is CC(O)c1cc(F)ccc1OCC(=O)N(C)C(C)C. The number of likely N-dealkylation sites (N-methyl/N-ethyl adjacent to an activating group) is 1. The molecule has 1 N–H and O–H groups in total. The van der Waals surface area contributed by atoms with Gasteiger partial charge < -0.3 is 14.7 Å². The van der Waals surface area contributed by atoms with E-state index in [1.54, 1.807) is 11.9 Å². The van der Waals surface area contributed by atoms with Crippen LogP contribution in [0.15, 0.2) is 18.2 Å². The first-order valence-electron chi connectivity index (χ1n) is 6.19. The van der Waals surface area contributed by atoms with Gasteiger partial charge in [0.25, 0.3) is 5.91 Å². The number of hydrogen-bond acceptors (Lipinski definition) is 3. The monoisotopic (exact) mass is 269 g/mol. The highest BCUT2D eigenvalue weighted by atomic mass is 19.1. The van der Waals surface area contributed by atoms with Gasteiger partial charge in [-0.25, -0.2) is 4.39 Å².